The third kappa shape index (κ3) is 3.14. The quantitative estimate of drug-likeness (QED) is 0.695. The molecule has 0 aromatic heterocycles. The molecule has 0 aliphatic rings. The number of carbonyl (C=O) groups is 1. The Kier molecular flexibility index (Phi) is 3.93. The molecule has 0 radical (unpaired) electrons. The fraction of sp³-hybridized carbons (Fsp3) is 0.300. The number of amides is 1. The zero-order chi connectivity index (χ0) is 11.3. The van der Waals surface area contributed by atoms with Gasteiger partial charge >= 0.3 is 0 Å². The molecular formula is C10H13NO4. The summed E-state index contributed by atoms with van der Waals surface area (Å²) in [7, 11) is 1.57. The minimum Gasteiger partial charge on any atom is -0.507 e. The van der Waals surface area contributed by atoms with Crippen LogP contribution in [0.3, 0.4) is 0 Å². The van der Waals surface area contributed by atoms with Gasteiger partial charge in [-0.25, -0.2) is 0 Å². The van der Waals surface area contributed by atoms with E-state index in [-0.39, 0.29) is 11.3 Å². The standard InChI is InChI=1S/C10H13NO4/c1-14-4-5-15-7-2-3-8(10(11)13)9(12)6-7/h2-3,6,12H,4-5H2,1H3,(H2,11,13). The Morgan fingerprint density at radius 3 is 2.73 bits per heavy atom. The molecule has 1 aromatic rings. The van der Waals surface area contributed by atoms with Crippen molar-refractivity contribution in [2.75, 3.05) is 20.3 Å². The zero-order valence-corrected chi connectivity index (χ0v) is 8.40. The number of hydrogen-bond acceptors (Lipinski definition) is 4. The van der Waals surface area contributed by atoms with Crippen LogP contribution in [0.4, 0.5) is 0 Å². The van der Waals surface area contributed by atoms with Crippen LogP contribution in [0.25, 0.3) is 0 Å². The van der Waals surface area contributed by atoms with Crippen LogP contribution >= 0.6 is 0 Å². The number of aromatic hydroxyl groups is 1. The number of hydrogen-bond donors (Lipinski definition) is 2. The first kappa shape index (κ1) is 11.3. The Morgan fingerprint density at radius 1 is 1.47 bits per heavy atom. The van der Waals surface area contributed by atoms with E-state index in [1.807, 2.05) is 0 Å². The summed E-state index contributed by atoms with van der Waals surface area (Å²) in [5.74, 6) is -0.386. The van der Waals surface area contributed by atoms with Gasteiger partial charge in [0.1, 0.15) is 18.1 Å². The van der Waals surface area contributed by atoms with Gasteiger partial charge in [-0.1, -0.05) is 0 Å². The molecule has 0 aliphatic carbocycles. The lowest BCUT2D eigenvalue weighted by Crippen LogP contribution is -2.11. The summed E-state index contributed by atoms with van der Waals surface area (Å²) in [6.07, 6.45) is 0. The van der Waals surface area contributed by atoms with Gasteiger partial charge in [0.15, 0.2) is 0 Å². The summed E-state index contributed by atoms with van der Waals surface area (Å²) in [5, 5.41) is 9.41. The first-order valence-electron chi connectivity index (χ1n) is 4.39. The fourth-order valence-electron chi connectivity index (χ4n) is 1.05. The molecule has 3 N–H and O–H groups in total. The highest BCUT2D eigenvalue weighted by molar-refractivity contribution is 5.95. The molecular weight excluding hydrogens is 198 g/mol. The normalized spacial score (nSPS) is 9.93. The van der Waals surface area contributed by atoms with Crippen LogP contribution in [0, 0.1) is 0 Å². The monoisotopic (exact) mass is 211 g/mol. The van der Waals surface area contributed by atoms with Crippen molar-refractivity contribution in [1.29, 1.82) is 0 Å². The van der Waals surface area contributed by atoms with Crippen molar-refractivity contribution in [3.63, 3.8) is 0 Å². The number of primary amides is 1. The van der Waals surface area contributed by atoms with E-state index in [9.17, 15) is 9.90 Å². The second kappa shape index (κ2) is 5.21. The third-order valence-electron chi connectivity index (χ3n) is 1.79. The van der Waals surface area contributed by atoms with Crippen LogP contribution < -0.4 is 10.5 Å². The number of rotatable bonds is 5. The topological polar surface area (TPSA) is 81.8 Å². The predicted molar refractivity (Wildman–Crippen MR) is 54.0 cm³/mol. The van der Waals surface area contributed by atoms with Gasteiger partial charge in [0.25, 0.3) is 5.91 Å². The third-order valence-corrected chi connectivity index (χ3v) is 1.79. The van der Waals surface area contributed by atoms with E-state index < -0.39 is 5.91 Å². The zero-order valence-electron chi connectivity index (χ0n) is 8.40. The maximum absolute atomic E-state index is 10.8. The van der Waals surface area contributed by atoms with Crippen molar-refractivity contribution in [2.24, 2.45) is 5.73 Å². The van der Waals surface area contributed by atoms with Gasteiger partial charge < -0.3 is 20.3 Å². The first-order valence-corrected chi connectivity index (χ1v) is 4.39. The number of methoxy groups -OCH3 is 1. The van der Waals surface area contributed by atoms with E-state index in [1.54, 1.807) is 13.2 Å². The van der Waals surface area contributed by atoms with Gasteiger partial charge in [-0.3, -0.25) is 4.79 Å². The number of nitrogens with two attached hydrogens (primary N) is 1. The Hall–Kier alpha value is -1.75. The van der Waals surface area contributed by atoms with E-state index in [1.165, 1.54) is 12.1 Å². The second-order valence-corrected chi connectivity index (χ2v) is 2.88. The molecule has 1 rings (SSSR count). The maximum Gasteiger partial charge on any atom is 0.252 e. The summed E-state index contributed by atoms with van der Waals surface area (Å²) < 4.78 is 10.0. The summed E-state index contributed by atoms with van der Waals surface area (Å²) in [4.78, 5) is 10.8. The van der Waals surface area contributed by atoms with Gasteiger partial charge in [0, 0.05) is 13.2 Å². The molecule has 0 aliphatic heterocycles. The largest absolute Gasteiger partial charge is 0.507 e. The number of ether oxygens (including phenoxy) is 2. The Balaban J connectivity index is 2.69. The van der Waals surface area contributed by atoms with Crippen molar-refractivity contribution in [1.82, 2.24) is 0 Å². The average Bonchev–Trinajstić information content (AvgIpc) is 2.17. The maximum atomic E-state index is 10.8. The molecule has 5 heteroatoms. The Bertz CT molecular complexity index is 351. The highest BCUT2D eigenvalue weighted by Crippen LogP contribution is 2.22. The molecule has 0 atom stereocenters. The minimum atomic E-state index is -0.670. The molecule has 0 spiro atoms. The van der Waals surface area contributed by atoms with E-state index in [2.05, 4.69) is 0 Å². The second-order valence-electron chi connectivity index (χ2n) is 2.88. The molecule has 0 unspecified atom stereocenters. The van der Waals surface area contributed by atoms with Crippen LogP contribution in [-0.4, -0.2) is 31.3 Å². The van der Waals surface area contributed by atoms with Crippen molar-refractivity contribution in [3.05, 3.63) is 23.8 Å². The van der Waals surface area contributed by atoms with Gasteiger partial charge in [-0.15, -0.1) is 0 Å². The van der Waals surface area contributed by atoms with Gasteiger partial charge in [0.2, 0.25) is 0 Å². The summed E-state index contributed by atoms with van der Waals surface area (Å²) in [5.41, 5.74) is 5.10. The molecule has 0 fully saturated rings. The molecule has 1 amide bonds. The van der Waals surface area contributed by atoms with Crippen LogP contribution in [0.1, 0.15) is 10.4 Å². The molecule has 1 aromatic carbocycles. The number of carbonyl (C=O) groups excluding carboxylic acids is 1. The molecule has 82 valence electrons. The lowest BCUT2D eigenvalue weighted by atomic mass is 10.2. The lowest BCUT2D eigenvalue weighted by molar-refractivity contribution is 0.0997. The van der Waals surface area contributed by atoms with Crippen molar-refractivity contribution in [2.45, 2.75) is 0 Å². The van der Waals surface area contributed by atoms with Crippen LogP contribution in [-0.2, 0) is 4.74 Å². The van der Waals surface area contributed by atoms with Gasteiger partial charge in [0.05, 0.1) is 12.2 Å². The molecule has 0 heterocycles. The Labute approximate surface area is 87.4 Å². The molecule has 0 bridgehead atoms. The summed E-state index contributed by atoms with van der Waals surface area (Å²) in [6.45, 7) is 0.837. The number of benzene rings is 1. The highest BCUT2D eigenvalue weighted by atomic mass is 16.5. The average molecular weight is 211 g/mol. The van der Waals surface area contributed by atoms with Crippen LogP contribution in [0.5, 0.6) is 11.5 Å². The molecule has 0 saturated heterocycles. The SMILES string of the molecule is COCCOc1ccc(C(N)=O)c(O)c1. The number of phenols is 1. The van der Waals surface area contributed by atoms with E-state index >= 15 is 0 Å². The van der Waals surface area contributed by atoms with E-state index in [0.29, 0.717) is 19.0 Å². The summed E-state index contributed by atoms with van der Waals surface area (Å²) in [6, 6.07) is 4.32. The molecule has 5 nitrogen and oxygen atoms in total. The molecule has 15 heavy (non-hydrogen) atoms. The van der Waals surface area contributed by atoms with Gasteiger partial charge in [-0.05, 0) is 12.1 Å². The van der Waals surface area contributed by atoms with E-state index in [0.717, 1.165) is 0 Å². The van der Waals surface area contributed by atoms with Crippen LogP contribution in [0.15, 0.2) is 18.2 Å². The lowest BCUT2D eigenvalue weighted by Gasteiger charge is -2.07. The van der Waals surface area contributed by atoms with Crippen molar-refractivity contribution >= 4 is 5.91 Å². The molecule has 0 saturated carbocycles. The first-order chi connectivity index (χ1) is 7.15. The minimum absolute atomic E-state index is 0.0779. The summed E-state index contributed by atoms with van der Waals surface area (Å²) >= 11 is 0. The predicted octanol–water partition coefficient (Wildman–Crippen LogP) is 0.516. The van der Waals surface area contributed by atoms with E-state index in [4.69, 9.17) is 15.2 Å². The van der Waals surface area contributed by atoms with Crippen LogP contribution in [0.2, 0.25) is 0 Å². The highest BCUT2D eigenvalue weighted by Gasteiger charge is 2.07. The Morgan fingerprint density at radius 2 is 2.20 bits per heavy atom. The smallest absolute Gasteiger partial charge is 0.252 e. The van der Waals surface area contributed by atoms with Gasteiger partial charge in [-0.2, -0.15) is 0 Å². The van der Waals surface area contributed by atoms with Crippen molar-refractivity contribution in [3.8, 4) is 11.5 Å². The van der Waals surface area contributed by atoms with Crippen molar-refractivity contribution < 1.29 is 19.4 Å². The fourth-order valence-corrected chi connectivity index (χ4v) is 1.05.